The predicted molar refractivity (Wildman–Crippen MR) is 74.4 cm³/mol. The molecule has 0 atom stereocenters. The third kappa shape index (κ3) is 3.80. The molecule has 100 valence electrons. The first-order valence-corrected chi connectivity index (χ1v) is 6.91. The van der Waals surface area contributed by atoms with Crippen molar-refractivity contribution in [2.45, 2.75) is 31.3 Å². The average molecular weight is 248 g/mol. The van der Waals surface area contributed by atoms with E-state index >= 15 is 0 Å². The molecule has 0 spiro atoms. The summed E-state index contributed by atoms with van der Waals surface area (Å²) in [6.45, 7) is 3.65. The van der Waals surface area contributed by atoms with E-state index in [1.54, 1.807) is 0 Å². The molecular weight excluding hydrogens is 224 g/mol. The Hall–Kier alpha value is -0.900. The van der Waals surface area contributed by atoms with E-state index in [4.69, 9.17) is 5.73 Å². The van der Waals surface area contributed by atoms with Crippen LogP contribution in [0.15, 0.2) is 30.3 Å². The summed E-state index contributed by atoms with van der Waals surface area (Å²) in [5, 5.41) is 10.3. The number of benzene rings is 1. The summed E-state index contributed by atoms with van der Waals surface area (Å²) < 4.78 is 0. The fourth-order valence-electron chi connectivity index (χ4n) is 2.64. The third-order valence-electron chi connectivity index (χ3n) is 3.96. The topological polar surface area (TPSA) is 49.5 Å². The Balaban J connectivity index is 1.74. The second kappa shape index (κ2) is 6.32. The zero-order valence-corrected chi connectivity index (χ0v) is 11.0. The average Bonchev–Trinajstić information content (AvgIpc) is 2.40. The quantitative estimate of drug-likeness (QED) is 0.828. The summed E-state index contributed by atoms with van der Waals surface area (Å²) in [7, 11) is 0. The molecule has 0 radical (unpaired) electrons. The number of rotatable bonds is 5. The molecule has 1 saturated heterocycles. The molecule has 1 aliphatic rings. The van der Waals surface area contributed by atoms with Gasteiger partial charge < -0.3 is 15.7 Å². The monoisotopic (exact) mass is 248 g/mol. The van der Waals surface area contributed by atoms with Gasteiger partial charge in [0.1, 0.15) is 0 Å². The molecule has 1 aromatic carbocycles. The Bertz CT molecular complexity index is 345. The van der Waals surface area contributed by atoms with Crippen LogP contribution in [0.25, 0.3) is 0 Å². The van der Waals surface area contributed by atoms with Crippen LogP contribution in [0.5, 0.6) is 0 Å². The van der Waals surface area contributed by atoms with Gasteiger partial charge >= 0.3 is 0 Å². The number of aliphatic hydroxyl groups is 1. The zero-order chi connectivity index (χ0) is 12.8. The first-order chi connectivity index (χ1) is 8.72. The van der Waals surface area contributed by atoms with Gasteiger partial charge in [-0.25, -0.2) is 0 Å². The van der Waals surface area contributed by atoms with Gasteiger partial charge in [0.15, 0.2) is 0 Å². The van der Waals surface area contributed by atoms with Crippen molar-refractivity contribution in [3.8, 4) is 0 Å². The van der Waals surface area contributed by atoms with Crippen molar-refractivity contribution in [2.75, 3.05) is 26.2 Å². The molecular formula is C15H24N2O. The second-order valence-electron chi connectivity index (χ2n) is 5.34. The van der Waals surface area contributed by atoms with Crippen LogP contribution in [0.2, 0.25) is 0 Å². The highest BCUT2D eigenvalue weighted by atomic mass is 16.3. The number of piperidine rings is 1. The molecule has 3 heteroatoms. The lowest BCUT2D eigenvalue weighted by atomic mass is 9.88. The lowest BCUT2D eigenvalue weighted by molar-refractivity contribution is -0.0252. The Morgan fingerprint density at radius 3 is 2.44 bits per heavy atom. The van der Waals surface area contributed by atoms with Gasteiger partial charge in [-0.15, -0.1) is 0 Å². The molecule has 0 saturated carbocycles. The lowest BCUT2D eigenvalue weighted by Gasteiger charge is -2.38. The smallest absolute Gasteiger partial charge is 0.0684 e. The van der Waals surface area contributed by atoms with E-state index in [1.165, 1.54) is 5.56 Å². The van der Waals surface area contributed by atoms with Crippen LogP contribution in [0.1, 0.15) is 24.8 Å². The van der Waals surface area contributed by atoms with Crippen molar-refractivity contribution < 1.29 is 5.11 Å². The SMILES string of the molecule is NCCC1(O)CCN(CCc2ccccc2)CC1. The highest BCUT2D eigenvalue weighted by Crippen LogP contribution is 2.25. The van der Waals surface area contributed by atoms with Crippen molar-refractivity contribution in [3.63, 3.8) is 0 Å². The molecule has 0 aromatic heterocycles. The number of nitrogens with two attached hydrogens (primary N) is 1. The van der Waals surface area contributed by atoms with Gasteiger partial charge in [-0.2, -0.15) is 0 Å². The van der Waals surface area contributed by atoms with E-state index in [1.807, 2.05) is 0 Å². The molecule has 18 heavy (non-hydrogen) atoms. The maximum Gasteiger partial charge on any atom is 0.0684 e. The zero-order valence-electron chi connectivity index (χ0n) is 11.0. The van der Waals surface area contributed by atoms with Crippen molar-refractivity contribution in [2.24, 2.45) is 5.73 Å². The minimum Gasteiger partial charge on any atom is -0.390 e. The number of hydrogen-bond donors (Lipinski definition) is 2. The van der Waals surface area contributed by atoms with Gasteiger partial charge in [0.05, 0.1) is 5.60 Å². The molecule has 3 N–H and O–H groups in total. The molecule has 0 unspecified atom stereocenters. The lowest BCUT2D eigenvalue weighted by Crippen LogP contribution is -2.45. The van der Waals surface area contributed by atoms with Crippen molar-refractivity contribution in [1.82, 2.24) is 4.90 Å². The maximum absolute atomic E-state index is 10.3. The number of likely N-dealkylation sites (tertiary alicyclic amines) is 1. The number of nitrogens with zero attached hydrogens (tertiary/aromatic N) is 1. The largest absolute Gasteiger partial charge is 0.390 e. The van der Waals surface area contributed by atoms with Crippen LogP contribution < -0.4 is 5.73 Å². The van der Waals surface area contributed by atoms with E-state index in [-0.39, 0.29) is 0 Å². The van der Waals surface area contributed by atoms with E-state index in [2.05, 4.69) is 35.2 Å². The van der Waals surface area contributed by atoms with Gasteiger partial charge in [0.2, 0.25) is 0 Å². The van der Waals surface area contributed by atoms with Crippen LogP contribution in [0.3, 0.4) is 0 Å². The highest BCUT2D eigenvalue weighted by Gasteiger charge is 2.30. The van der Waals surface area contributed by atoms with Crippen LogP contribution in [0.4, 0.5) is 0 Å². The van der Waals surface area contributed by atoms with Crippen molar-refractivity contribution >= 4 is 0 Å². The van der Waals surface area contributed by atoms with Crippen LogP contribution >= 0.6 is 0 Å². The first-order valence-electron chi connectivity index (χ1n) is 6.91. The van der Waals surface area contributed by atoms with Crippen molar-refractivity contribution in [3.05, 3.63) is 35.9 Å². The fraction of sp³-hybridized carbons (Fsp3) is 0.600. The van der Waals surface area contributed by atoms with E-state index < -0.39 is 5.60 Å². The third-order valence-corrected chi connectivity index (χ3v) is 3.96. The van der Waals surface area contributed by atoms with Crippen LogP contribution in [0, 0.1) is 0 Å². The Morgan fingerprint density at radius 1 is 1.17 bits per heavy atom. The summed E-state index contributed by atoms with van der Waals surface area (Å²) in [6, 6.07) is 10.6. The highest BCUT2D eigenvalue weighted by molar-refractivity contribution is 5.14. The summed E-state index contributed by atoms with van der Waals surface area (Å²) in [5.74, 6) is 0. The van der Waals surface area contributed by atoms with E-state index in [0.29, 0.717) is 6.54 Å². The molecule has 1 aromatic rings. The predicted octanol–water partition coefficient (Wildman–Crippen LogP) is 1.40. The molecule has 1 fully saturated rings. The standard InChI is InChI=1S/C15H24N2O/c16-10-7-15(18)8-12-17(13-9-15)11-6-14-4-2-1-3-5-14/h1-5,18H,6-13,16H2. The van der Waals surface area contributed by atoms with Crippen LogP contribution in [-0.4, -0.2) is 41.8 Å². The minimum atomic E-state index is -0.502. The summed E-state index contributed by atoms with van der Waals surface area (Å²) >= 11 is 0. The second-order valence-corrected chi connectivity index (χ2v) is 5.34. The Labute approximate surface area is 110 Å². The first kappa shape index (κ1) is 13.5. The van der Waals surface area contributed by atoms with Gasteiger partial charge in [-0.05, 0) is 37.8 Å². The van der Waals surface area contributed by atoms with Gasteiger partial charge in [-0.1, -0.05) is 30.3 Å². The molecule has 0 aliphatic carbocycles. The minimum absolute atomic E-state index is 0.502. The summed E-state index contributed by atoms with van der Waals surface area (Å²) in [4.78, 5) is 2.44. The summed E-state index contributed by atoms with van der Waals surface area (Å²) in [6.07, 6.45) is 3.55. The Kier molecular flexibility index (Phi) is 4.75. The molecule has 0 bridgehead atoms. The van der Waals surface area contributed by atoms with E-state index in [9.17, 15) is 5.11 Å². The number of hydrogen-bond acceptors (Lipinski definition) is 3. The molecule has 1 heterocycles. The summed E-state index contributed by atoms with van der Waals surface area (Å²) in [5.41, 5.74) is 6.43. The van der Waals surface area contributed by atoms with Gasteiger partial charge in [-0.3, -0.25) is 0 Å². The van der Waals surface area contributed by atoms with Crippen LogP contribution in [-0.2, 0) is 6.42 Å². The molecule has 1 aliphatic heterocycles. The van der Waals surface area contributed by atoms with Gasteiger partial charge in [0.25, 0.3) is 0 Å². The van der Waals surface area contributed by atoms with Crippen molar-refractivity contribution in [1.29, 1.82) is 0 Å². The van der Waals surface area contributed by atoms with E-state index in [0.717, 1.165) is 45.3 Å². The molecule has 0 amide bonds. The normalized spacial score (nSPS) is 19.9. The fourth-order valence-corrected chi connectivity index (χ4v) is 2.64. The Morgan fingerprint density at radius 2 is 1.83 bits per heavy atom. The maximum atomic E-state index is 10.3. The molecule has 2 rings (SSSR count). The van der Waals surface area contributed by atoms with Gasteiger partial charge in [0, 0.05) is 19.6 Å². The molecule has 3 nitrogen and oxygen atoms in total.